The summed E-state index contributed by atoms with van der Waals surface area (Å²) in [7, 11) is 1.81. The smallest absolute Gasteiger partial charge is 0.0637 e. The fraction of sp³-hybridized carbons (Fsp3) is 1.00. The van der Waals surface area contributed by atoms with Crippen molar-refractivity contribution in [3.63, 3.8) is 0 Å². The van der Waals surface area contributed by atoms with E-state index in [9.17, 15) is 0 Å². The van der Waals surface area contributed by atoms with E-state index in [4.69, 9.17) is 4.74 Å². The molecule has 1 unspecified atom stereocenters. The summed E-state index contributed by atoms with van der Waals surface area (Å²) in [6.45, 7) is 9.95. The third kappa shape index (κ3) is 8.12. The summed E-state index contributed by atoms with van der Waals surface area (Å²) >= 11 is 0. The number of nitrogens with one attached hydrogen (secondary N) is 1. The first-order chi connectivity index (χ1) is 7.55. The van der Waals surface area contributed by atoms with Crippen LogP contribution in [-0.4, -0.2) is 25.3 Å². The number of hydrogen-bond donors (Lipinski definition) is 1. The average molecular weight is 229 g/mol. The van der Waals surface area contributed by atoms with Gasteiger partial charge in [-0.05, 0) is 39.7 Å². The van der Waals surface area contributed by atoms with Crippen molar-refractivity contribution in [3.05, 3.63) is 0 Å². The maximum Gasteiger partial charge on any atom is 0.0637 e. The van der Waals surface area contributed by atoms with Crippen molar-refractivity contribution >= 4 is 0 Å². The molecule has 0 aliphatic heterocycles. The Morgan fingerprint density at radius 1 is 1.12 bits per heavy atom. The molecule has 0 fully saturated rings. The van der Waals surface area contributed by atoms with Gasteiger partial charge in [0.25, 0.3) is 0 Å². The minimum Gasteiger partial charge on any atom is -0.379 e. The van der Waals surface area contributed by atoms with Gasteiger partial charge in [-0.3, -0.25) is 0 Å². The van der Waals surface area contributed by atoms with Gasteiger partial charge >= 0.3 is 0 Å². The molecule has 1 N–H and O–H groups in total. The van der Waals surface area contributed by atoms with Gasteiger partial charge in [0.15, 0.2) is 0 Å². The Bertz CT molecular complexity index is 157. The first kappa shape index (κ1) is 15.9. The van der Waals surface area contributed by atoms with E-state index in [0.717, 1.165) is 13.0 Å². The van der Waals surface area contributed by atoms with Gasteiger partial charge in [-0.2, -0.15) is 0 Å². The van der Waals surface area contributed by atoms with Crippen LogP contribution in [0, 0.1) is 0 Å². The van der Waals surface area contributed by atoms with Gasteiger partial charge in [0.2, 0.25) is 0 Å². The fourth-order valence-corrected chi connectivity index (χ4v) is 1.94. The maximum absolute atomic E-state index is 5.51. The Balaban J connectivity index is 3.98. The zero-order chi connectivity index (χ0) is 12.4. The molecule has 98 valence electrons. The number of hydrogen-bond acceptors (Lipinski definition) is 2. The molecule has 0 rings (SSSR count). The van der Waals surface area contributed by atoms with Crippen molar-refractivity contribution in [3.8, 4) is 0 Å². The number of ether oxygens (including phenoxy) is 1. The van der Waals surface area contributed by atoms with Crippen LogP contribution in [0.25, 0.3) is 0 Å². The first-order valence-electron chi connectivity index (χ1n) is 6.84. The first-order valence-corrected chi connectivity index (χ1v) is 6.84. The summed E-state index contributed by atoms with van der Waals surface area (Å²) < 4.78 is 5.51. The predicted octanol–water partition coefficient (Wildman–Crippen LogP) is 3.75. The molecule has 0 amide bonds. The SMILES string of the molecule is CCCCCC(CC(C)(C)OC)NCCC. The van der Waals surface area contributed by atoms with Gasteiger partial charge in [-0.15, -0.1) is 0 Å². The van der Waals surface area contributed by atoms with Gasteiger partial charge in [-0.25, -0.2) is 0 Å². The van der Waals surface area contributed by atoms with Crippen LogP contribution in [0.2, 0.25) is 0 Å². The minimum absolute atomic E-state index is 0.00236. The van der Waals surface area contributed by atoms with Crippen LogP contribution in [-0.2, 0) is 4.74 Å². The van der Waals surface area contributed by atoms with Crippen LogP contribution >= 0.6 is 0 Å². The molecule has 0 heterocycles. The van der Waals surface area contributed by atoms with Crippen LogP contribution < -0.4 is 5.32 Å². The van der Waals surface area contributed by atoms with Gasteiger partial charge in [0.05, 0.1) is 5.60 Å². The van der Waals surface area contributed by atoms with Crippen LogP contribution in [0.1, 0.15) is 66.2 Å². The molecule has 0 spiro atoms. The minimum atomic E-state index is -0.00236. The van der Waals surface area contributed by atoms with E-state index >= 15 is 0 Å². The van der Waals surface area contributed by atoms with Crippen LogP contribution in [0.5, 0.6) is 0 Å². The van der Waals surface area contributed by atoms with Gasteiger partial charge < -0.3 is 10.1 Å². The molecular formula is C14H31NO. The molecule has 0 aliphatic rings. The Labute approximate surface area is 102 Å². The van der Waals surface area contributed by atoms with E-state index in [2.05, 4.69) is 33.0 Å². The topological polar surface area (TPSA) is 21.3 Å². The predicted molar refractivity (Wildman–Crippen MR) is 71.9 cm³/mol. The normalized spacial score (nSPS) is 14.1. The van der Waals surface area contributed by atoms with E-state index in [0.29, 0.717) is 6.04 Å². The second-order valence-corrected chi connectivity index (χ2v) is 5.31. The number of methoxy groups -OCH3 is 1. The zero-order valence-corrected chi connectivity index (χ0v) is 11.9. The number of rotatable bonds is 10. The van der Waals surface area contributed by atoms with Crippen LogP contribution in [0.4, 0.5) is 0 Å². The maximum atomic E-state index is 5.51. The molecule has 0 aliphatic carbocycles. The molecule has 0 saturated carbocycles. The van der Waals surface area contributed by atoms with Crippen molar-refractivity contribution in [2.45, 2.75) is 77.9 Å². The monoisotopic (exact) mass is 229 g/mol. The van der Waals surface area contributed by atoms with Crippen molar-refractivity contribution in [2.75, 3.05) is 13.7 Å². The van der Waals surface area contributed by atoms with Crippen LogP contribution in [0.15, 0.2) is 0 Å². The Hall–Kier alpha value is -0.0800. The fourth-order valence-electron chi connectivity index (χ4n) is 1.94. The number of unbranched alkanes of at least 4 members (excludes halogenated alkanes) is 2. The Morgan fingerprint density at radius 2 is 1.81 bits per heavy atom. The quantitative estimate of drug-likeness (QED) is 0.576. The largest absolute Gasteiger partial charge is 0.379 e. The molecule has 0 aromatic rings. The molecule has 0 saturated heterocycles. The summed E-state index contributed by atoms with van der Waals surface area (Å²) in [5.74, 6) is 0. The molecule has 0 radical (unpaired) electrons. The van der Waals surface area contributed by atoms with Crippen molar-refractivity contribution in [1.29, 1.82) is 0 Å². The lowest BCUT2D eigenvalue weighted by Gasteiger charge is -2.29. The van der Waals surface area contributed by atoms with Gasteiger partial charge in [-0.1, -0.05) is 33.1 Å². The van der Waals surface area contributed by atoms with E-state index < -0.39 is 0 Å². The molecular weight excluding hydrogens is 198 g/mol. The lowest BCUT2D eigenvalue weighted by atomic mass is 9.95. The van der Waals surface area contributed by atoms with Gasteiger partial charge in [0, 0.05) is 13.2 Å². The molecule has 2 nitrogen and oxygen atoms in total. The molecule has 0 aromatic heterocycles. The zero-order valence-electron chi connectivity index (χ0n) is 11.9. The molecule has 0 bridgehead atoms. The average Bonchev–Trinajstić information content (AvgIpc) is 2.25. The lowest BCUT2D eigenvalue weighted by Crippen LogP contribution is -2.38. The summed E-state index contributed by atoms with van der Waals surface area (Å²) in [5.41, 5.74) is -0.00236. The van der Waals surface area contributed by atoms with Crippen molar-refractivity contribution < 1.29 is 4.74 Å². The summed E-state index contributed by atoms with van der Waals surface area (Å²) in [6, 6.07) is 0.612. The third-order valence-corrected chi connectivity index (χ3v) is 3.13. The van der Waals surface area contributed by atoms with E-state index in [1.165, 1.54) is 32.1 Å². The van der Waals surface area contributed by atoms with Crippen LogP contribution in [0.3, 0.4) is 0 Å². The van der Waals surface area contributed by atoms with Crippen molar-refractivity contribution in [1.82, 2.24) is 5.32 Å². The molecule has 2 heteroatoms. The van der Waals surface area contributed by atoms with Crippen molar-refractivity contribution in [2.24, 2.45) is 0 Å². The lowest BCUT2D eigenvalue weighted by molar-refractivity contribution is 0.00621. The standard InChI is InChI=1S/C14H31NO/c1-6-8-9-10-13(15-11-7-2)12-14(3,4)16-5/h13,15H,6-12H2,1-5H3. The summed E-state index contributed by atoms with van der Waals surface area (Å²) in [4.78, 5) is 0. The second-order valence-electron chi connectivity index (χ2n) is 5.31. The highest BCUT2D eigenvalue weighted by Gasteiger charge is 2.21. The molecule has 1 atom stereocenters. The van der Waals surface area contributed by atoms with E-state index in [-0.39, 0.29) is 5.60 Å². The highest BCUT2D eigenvalue weighted by atomic mass is 16.5. The van der Waals surface area contributed by atoms with E-state index in [1.807, 2.05) is 7.11 Å². The molecule has 16 heavy (non-hydrogen) atoms. The Morgan fingerprint density at radius 3 is 2.31 bits per heavy atom. The summed E-state index contributed by atoms with van der Waals surface area (Å²) in [6.07, 6.45) is 7.56. The second kappa shape index (κ2) is 9.00. The highest BCUT2D eigenvalue weighted by Crippen LogP contribution is 2.19. The highest BCUT2D eigenvalue weighted by molar-refractivity contribution is 4.78. The summed E-state index contributed by atoms with van der Waals surface area (Å²) in [5, 5.41) is 3.64. The molecule has 0 aromatic carbocycles. The third-order valence-electron chi connectivity index (χ3n) is 3.13. The van der Waals surface area contributed by atoms with Gasteiger partial charge in [0.1, 0.15) is 0 Å². The van der Waals surface area contributed by atoms with E-state index in [1.54, 1.807) is 0 Å². The Kier molecular flexibility index (Phi) is 8.96.